The summed E-state index contributed by atoms with van der Waals surface area (Å²) >= 11 is 3.39. The lowest BCUT2D eigenvalue weighted by atomic mass is 9.98. The van der Waals surface area contributed by atoms with E-state index in [2.05, 4.69) is 15.9 Å². The summed E-state index contributed by atoms with van der Waals surface area (Å²) in [4.78, 5) is 30.1. The van der Waals surface area contributed by atoms with Gasteiger partial charge in [-0.25, -0.2) is 0 Å². The molecule has 0 saturated carbocycles. The van der Waals surface area contributed by atoms with E-state index < -0.39 is 6.04 Å². The highest BCUT2D eigenvalue weighted by atomic mass is 79.9. The largest absolute Gasteiger partial charge is 0.508 e. The van der Waals surface area contributed by atoms with Crippen LogP contribution in [0.3, 0.4) is 0 Å². The molecule has 144 valence electrons. The molecule has 0 saturated heterocycles. The fraction of sp³-hybridized carbons (Fsp3) is 0.238. The average molecular weight is 443 g/mol. The number of amides is 1. The summed E-state index contributed by atoms with van der Waals surface area (Å²) in [6, 6.07) is 11.2. The molecule has 6 nitrogen and oxygen atoms in total. The van der Waals surface area contributed by atoms with E-state index >= 15 is 0 Å². The number of hydrogen-bond acceptors (Lipinski definition) is 5. The van der Waals surface area contributed by atoms with Crippen LogP contribution in [-0.2, 0) is 0 Å². The molecule has 2 heterocycles. The molecule has 0 aliphatic carbocycles. The van der Waals surface area contributed by atoms with Gasteiger partial charge in [-0.1, -0.05) is 28.1 Å². The normalized spacial score (nSPS) is 16.2. The number of phenols is 1. The molecule has 0 radical (unpaired) electrons. The first-order valence-electron chi connectivity index (χ1n) is 8.87. The lowest BCUT2D eigenvalue weighted by Crippen LogP contribution is -2.35. The van der Waals surface area contributed by atoms with E-state index in [1.165, 1.54) is 0 Å². The van der Waals surface area contributed by atoms with Gasteiger partial charge in [-0.15, -0.1) is 0 Å². The van der Waals surface area contributed by atoms with Gasteiger partial charge in [0, 0.05) is 17.6 Å². The second-order valence-electron chi connectivity index (χ2n) is 7.11. The Balaban J connectivity index is 1.94. The van der Waals surface area contributed by atoms with E-state index in [0.29, 0.717) is 29.6 Å². The highest BCUT2D eigenvalue weighted by Crippen LogP contribution is 2.38. The third kappa shape index (κ3) is 3.10. The highest BCUT2D eigenvalue weighted by molar-refractivity contribution is 9.10. The average Bonchev–Trinajstić information content (AvgIpc) is 2.94. The summed E-state index contributed by atoms with van der Waals surface area (Å²) in [5.74, 6) is -0.0730. The van der Waals surface area contributed by atoms with Gasteiger partial charge in [-0.3, -0.25) is 9.59 Å². The number of phenolic OH excluding ortho intramolecular Hbond substituents is 1. The van der Waals surface area contributed by atoms with Crippen molar-refractivity contribution in [3.8, 4) is 5.75 Å². The predicted octanol–water partition coefficient (Wildman–Crippen LogP) is 3.37. The molecule has 1 unspecified atom stereocenters. The third-order valence-corrected chi connectivity index (χ3v) is 5.42. The molecule has 1 aliphatic rings. The standard InChI is InChI=1S/C21H19BrN2O4/c1-23(2)9-10-24-18(12-3-6-14(25)7-4-12)17-19(26)15-11-13(22)5-8-16(15)28-20(17)21(24)27/h3-8,11,18,25H,9-10H2,1-2H3. The number of likely N-dealkylation sites (N-methyl/N-ethyl adjacent to an activating group) is 1. The molecule has 0 spiro atoms. The van der Waals surface area contributed by atoms with Crippen molar-refractivity contribution in [2.24, 2.45) is 0 Å². The second kappa shape index (κ2) is 7.07. The Bertz CT molecular complexity index is 1120. The quantitative estimate of drug-likeness (QED) is 0.670. The Hall–Kier alpha value is -2.64. The molecule has 28 heavy (non-hydrogen) atoms. The first kappa shape index (κ1) is 18.7. The van der Waals surface area contributed by atoms with Crippen molar-refractivity contribution in [1.29, 1.82) is 0 Å². The van der Waals surface area contributed by atoms with Gasteiger partial charge in [0.2, 0.25) is 5.76 Å². The first-order valence-corrected chi connectivity index (χ1v) is 9.67. The van der Waals surface area contributed by atoms with E-state index in [9.17, 15) is 14.7 Å². The Morgan fingerprint density at radius 3 is 2.54 bits per heavy atom. The molecule has 1 N–H and O–H groups in total. The topological polar surface area (TPSA) is 74.0 Å². The third-order valence-electron chi connectivity index (χ3n) is 4.92. The van der Waals surface area contributed by atoms with Crippen LogP contribution in [0.5, 0.6) is 5.75 Å². The van der Waals surface area contributed by atoms with E-state index in [4.69, 9.17) is 4.42 Å². The van der Waals surface area contributed by atoms with Crippen LogP contribution >= 0.6 is 15.9 Å². The van der Waals surface area contributed by atoms with Gasteiger partial charge in [-0.05, 0) is 50.0 Å². The zero-order valence-corrected chi connectivity index (χ0v) is 17.1. The smallest absolute Gasteiger partial charge is 0.290 e. The maximum atomic E-state index is 13.3. The van der Waals surface area contributed by atoms with Crippen molar-refractivity contribution < 1.29 is 14.3 Å². The summed E-state index contributed by atoms with van der Waals surface area (Å²) < 4.78 is 6.66. The molecular weight excluding hydrogens is 424 g/mol. The minimum Gasteiger partial charge on any atom is -0.508 e. The van der Waals surface area contributed by atoms with Gasteiger partial charge in [0.05, 0.1) is 17.0 Å². The highest BCUT2D eigenvalue weighted by Gasteiger charge is 2.42. The minimum atomic E-state index is -0.553. The van der Waals surface area contributed by atoms with Gasteiger partial charge in [-0.2, -0.15) is 0 Å². The number of benzene rings is 2. The molecule has 1 atom stereocenters. The van der Waals surface area contributed by atoms with Crippen LogP contribution in [0.4, 0.5) is 0 Å². The molecule has 4 rings (SSSR count). The molecule has 0 bridgehead atoms. The van der Waals surface area contributed by atoms with E-state index in [1.54, 1.807) is 47.4 Å². The number of carbonyl (C=O) groups excluding carboxylic acids is 1. The van der Waals surface area contributed by atoms with E-state index in [1.807, 2.05) is 19.0 Å². The van der Waals surface area contributed by atoms with Crippen LogP contribution in [-0.4, -0.2) is 48.0 Å². The van der Waals surface area contributed by atoms with Crippen LogP contribution in [0.1, 0.15) is 27.7 Å². The van der Waals surface area contributed by atoms with Crippen LogP contribution < -0.4 is 5.43 Å². The Morgan fingerprint density at radius 1 is 1.14 bits per heavy atom. The van der Waals surface area contributed by atoms with Gasteiger partial charge in [0.1, 0.15) is 11.3 Å². The molecule has 7 heteroatoms. The molecule has 1 amide bonds. The molecule has 1 aromatic heterocycles. The maximum Gasteiger partial charge on any atom is 0.290 e. The molecule has 1 aliphatic heterocycles. The number of nitrogens with zero attached hydrogens (tertiary/aromatic N) is 2. The fourth-order valence-corrected chi connectivity index (χ4v) is 3.90. The predicted molar refractivity (Wildman–Crippen MR) is 110 cm³/mol. The second-order valence-corrected chi connectivity index (χ2v) is 8.03. The van der Waals surface area contributed by atoms with Gasteiger partial charge in [0.25, 0.3) is 5.91 Å². The number of rotatable bonds is 4. The van der Waals surface area contributed by atoms with Gasteiger partial charge < -0.3 is 19.3 Å². The van der Waals surface area contributed by atoms with E-state index in [-0.39, 0.29) is 22.8 Å². The lowest BCUT2D eigenvalue weighted by molar-refractivity contribution is 0.0716. The Labute approximate surface area is 170 Å². The zero-order chi connectivity index (χ0) is 20.0. The van der Waals surface area contributed by atoms with Crippen LogP contribution in [0.2, 0.25) is 0 Å². The molecular formula is C21H19BrN2O4. The molecule has 2 aromatic carbocycles. The summed E-state index contributed by atoms with van der Waals surface area (Å²) in [6.07, 6.45) is 0. The number of halogens is 1. The number of aromatic hydroxyl groups is 1. The Kier molecular flexibility index (Phi) is 4.72. The maximum absolute atomic E-state index is 13.3. The van der Waals surface area contributed by atoms with Crippen molar-refractivity contribution in [2.75, 3.05) is 27.2 Å². The van der Waals surface area contributed by atoms with Crippen LogP contribution in [0.15, 0.2) is 56.1 Å². The summed E-state index contributed by atoms with van der Waals surface area (Å²) in [5.41, 5.74) is 1.28. The van der Waals surface area contributed by atoms with Gasteiger partial charge >= 0.3 is 0 Å². The monoisotopic (exact) mass is 442 g/mol. The fourth-order valence-electron chi connectivity index (χ4n) is 3.53. The van der Waals surface area contributed by atoms with Crippen molar-refractivity contribution in [2.45, 2.75) is 6.04 Å². The van der Waals surface area contributed by atoms with Crippen LogP contribution in [0, 0.1) is 0 Å². The lowest BCUT2D eigenvalue weighted by Gasteiger charge is -2.26. The van der Waals surface area contributed by atoms with Crippen molar-refractivity contribution in [1.82, 2.24) is 9.80 Å². The van der Waals surface area contributed by atoms with Crippen molar-refractivity contribution >= 4 is 32.8 Å². The first-order chi connectivity index (χ1) is 13.4. The summed E-state index contributed by atoms with van der Waals surface area (Å²) in [5, 5.41) is 10.1. The van der Waals surface area contributed by atoms with Crippen molar-refractivity contribution in [3.05, 3.63) is 74.0 Å². The molecule has 0 fully saturated rings. The minimum absolute atomic E-state index is 0.0941. The van der Waals surface area contributed by atoms with E-state index in [0.717, 1.165) is 10.0 Å². The number of fused-ring (bicyclic) bond motifs is 2. The summed E-state index contributed by atoms with van der Waals surface area (Å²) in [6.45, 7) is 1.09. The summed E-state index contributed by atoms with van der Waals surface area (Å²) in [7, 11) is 3.86. The SMILES string of the molecule is CN(C)CCN1C(=O)c2oc3ccc(Br)cc3c(=O)c2C1c1ccc(O)cc1. The Morgan fingerprint density at radius 2 is 1.86 bits per heavy atom. The van der Waals surface area contributed by atoms with Crippen LogP contribution in [0.25, 0.3) is 11.0 Å². The number of carbonyl (C=O) groups is 1. The van der Waals surface area contributed by atoms with Crippen molar-refractivity contribution in [3.63, 3.8) is 0 Å². The molecule has 3 aromatic rings. The van der Waals surface area contributed by atoms with Gasteiger partial charge in [0.15, 0.2) is 5.43 Å². The zero-order valence-electron chi connectivity index (χ0n) is 15.5. The number of hydrogen-bond donors (Lipinski definition) is 1.